The van der Waals surface area contributed by atoms with Crippen LogP contribution in [0, 0.1) is 0 Å². The smallest absolute Gasteiger partial charge is 0.414 e. The van der Waals surface area contributed by atoms with Gasteiger partial charge in [-0.05, 0) is 26.0 Å². The molecule has 1 aromatic rings. The SMILES string of the molecule is CCOC(=O)NC(=O)C[NH+](CC)CC(=O)Nc1ccccc1S(C)(=O)=O. The van der Waals surface area contributed by atoms with Crippen molar-refractivity contribution < 1.29 is 32.4 Å². The number of anilines is 1. The lowest BCUT2D eigenvalue weighted by Gasteiger charge is -2.17. The van der Waals surface area contributed by atoms with Crippen LogP contribution in [0.1, 0.15) is 13.8 Å². The number of hydrogen-bond donors (Lipinski definition) is 3. The number of nitrogens with one attached hydrogen (secondary N) is 3. The molecule has 0 aliphatic rings. The standard InChI is InChI=1S/C16H23N3O6S/c1-4-19(11-15(21)18-16(22)25-5-2)10-14(20)17-12-8-6-7-9-13(12)26(3,23)24/h6-9H,4-5,10-11H2,1-3H3,(H,17,20)(H,18,21,22)/p+1. The molecular formula is C16H24N3O6S+. The third-order valence-electron chi connectivity index (χ3n) is 3.40. The van der Waals surface area contributed by atoms with E-state index >= 15 is 0 Å². The van der Waals surface area contributed by atoms with Crippen molar-refractivity contribution in [1.29, 1.82) is 0 Å². The molecule has 0 aromatic heterocycles. The van der Waals surface area contributed by atoms with Crippen molar-refractivity contribution in [3.8, 4) is 0 Å². The van der Waals surface area contributed by atoms with Crippen molar-refractivity contribution in [2.75, 3.05) is 37.8 Å². The van der Waals surface area contributed by atoms with Gasteiger partial charge in [-0.15, -0.1) is 0 Å². The fraction of sp³-hybridized carbons (Fsp3) is 0.438. The summed E-state index contributed by atoms with van der Waals surface area (Å²) in [6, 6.07) is 6.08. The van der Waals surface area contributed by atoms with Crippen molar-refractivity contribution in [3.05, 3.63) is 24.3 Å². The van der Waals surface area contributed by atoms with Crippen LogP contribution in [-0.2, 0) is 24.2 Å². The highest BCUT2D eigenvalue weighted by Gasteiger charge is 2.20. The summed E-state index contributed by atoms with van der Waals surface area (Å²) in [4.78, 5) is 35.8. The van der Waals surface area contributed by atoms with E-state index in [0.717, 1.165) is 6.26 Å². The number of ether oxygens (including phenoxy) is 1. The van der Waals surface area contributed by atoms with E-state index in [-0.39, 0.29) is 30.3 Å². The lowest BCUT2D eigenvalue weighted by molar-refractivity contribution is -0.881. The highest BCUT2D eigenvalue weighted by molar-refractivity contribution is 7.90. The first kappa shape index (κ1) is 21.6. The second kappa shape index (κ2) is 9.88. The summed E-state index contributed by atoms with van der Waals surface area (Å²) < 4.78 is 28.1. The first-order chi connectivity index (χ1) is 12.2. The summed E-state index contributed by atoms with van der Waals surface area (Å²) in [5.74, 6) is -1.01. The van der Waals surface area contributed by atoms with Gasteiger partial charge in [-0.2, -0.15) is 0 Å². The predicted octanol–water partition coefficient (Wildman–Crippen LogP) is -0.794. The normalized spacial score (nSPS) is 12.1. The molecule has 3 amide bonds. The van der Waals surface area contributed by atoms with Gasteiger partial charge in [0.1, 0.15) is 0 Å². The molecule has 0 bridgehead atoms. The molecule has 0 fully saturated rings. The Kier molecular flexibility index (Phi) is 8.20. The molecule has 0 aliphatic carbocycles. The third-order valence-corrected chi connectivity index (χ3v) is 4.55. The number of quaternary nitrogens is 1. The van der Waals surface area contributed by atoms with Gasteiger partial charge in [-0.25, -0.2) is 13.2 Å². The number of carbonyl (C=O) groups excluding carboxylic acids is 3. The van der Waals surface area contributed by atoms with Gasteiger partial charge in [0.05, 0.1) is 23.7 Å². The summed E-state index contributed by atoms with van der Waals surface area (Å²) >= 11 is 0. The fourth-order valence-corrected chi connectivity index (χ4v) is 3.02. The molecular weight excluding hydrogens is 362 g/mol. The number of sulfone groups is 1. The van der Waals surface area contributed by atoms with E-state index in [0.29, 0.717) is 11.4 Å². The Morgan fingerprint density at radius 2 is 1.69 bits per heavy atom. The van der Waals surface area contributed by atoms with Crippen LogP contribution >= 0.6 is 0 Å². The zero-order chi connectivity index (χ0) is 19.7. The molecule has 0 saturated heterocycles. The van der Waals surface area contributed by atoms with Gasteiger partial charge in [0.15, 0.2) is 22.9 Å². The molecule has 1 unspecified atom stereocenters. The Hall–Kier alpha value is -2.46. The van der Waals surface area contributed by atoms with Gasteiger partial charge in [0.25, 0.3) is 11.8 Å². The van der Waals surface area contributed by atoms with Crippen LogP contribution in [-0.4, -0.2) is 58.8 Å². The van der Waals surface area contributed by atoms with Crippen molar-refractivity contribution in [1.82, 2.24) is 5.32 Å². The minimum Gasteiger partial charge on any atom is -0.450 e. The molecule has 1 atom stereocenters. The number of hydrogen-bond acceptors (Lipinski definition) is 6. The Morgan fingerprint density at radius 1 is 1.08 bits per heavy atom. The molecule has 10 heteroatoms. The predicted molar refractivity (Wildman–Crippen MR) is 94.6 cm³/mol. The molecule has 26 heavy (non-hydrogen) atoms. The van der Waals surface area contributed by atoms with Crippen molar-refractivity contribution >= 4 is 33.4 Å². The number of carbonyl (C=O) groups is 3. The lowest BCUT2D eigenvalue weighted by Crippen LogP contribution is -3.14. The van der Waals surface area contributed by atoms with Crippen molar-refractivity contribution in [3.63, 3.8) is 0 Å². The van der Waals surface area contributed by atoms with Gasteiger partial charge < -0.3 is 15.0 Å². The van der Waals surface area contributed by atoms with Crippen LogP contribution in [0.15, 0.2) is 29.2 Å². The number of rotatable bonds is 8. The first-order valence-corrected chi connectivity index (χ1v) is 9.95. The van der Waals surface area contributed by atoms with Gasteiger partial charge in [0, 0.05) is 6.26 Å². The maximum absolute atomic E-state index is 12.2. The van der Waals surface area contributed by atoms with Crippen LogP contribution in [0.25, 0.3) is 0 Å². The number of alkyl carbamates (subject to hydrolysis) is 1. The summed E-state index contributed by atoms with van der Waals surface area (Å²) in [7, 11) is -3.49. The van der Waals surface area contributed by atoms with Crippen LogP contribution in [0.3, 0.4) is 0 Å². The monoisotopic (exact) mass is 386 g/mol. The Labute approximate surface area is 152 Å². The van der Waals surface area contributed by atoms with E-state index in [4.69, 9.17) is 0 Å². The summed E-state index contributed by atoms with van der Waals surface area (Å²) in [6.07, 6.45) is 0.223. The molecule has 0 aliphatic heterocycles. The number of likely N-dealkylation sites (N-methyl/N-ethyl adjacent to an activating group) is 1. The molecule has 0 heterocycles. The Morgan fingerprint density at radius 3 is 2.27 bits per heavy atom. The third kappa shape index (κ3) is 7.19. The van der Waals surface area contributed by atoms with Gasteiger partial charge in [-0.1, -0.05) is 12.1 Å². The minimum absolute atomic E-state index is 0.0199. The topological polar surface area (TPSA) is 123 Å². The number of amides is 3. The van der Waals surface area contributed by atoms with E-state index < -0.39 is 27.7 Å². The molecule has 9 nitrogen and oxygen atoms in total. The second-order valence-corrected chi connectivity index (χ2v) is 7.53. The van der Waals surface area contributed by atoms with E-state index in [2.05, 4.69) is 15.4 Å². The van der Waals surface area contributed by atoms with Crippen molar-refractivity contribution in [2.45, 2.75) is 18.7 Å². The van der Waals surface area contributed by atoms with E-state index in [1.807, 2.05) is 0 Å². The van der Waals surface area contributed by atoms with Gasteiger partial charge in [-0.3, -0.25) is 14.9 Å². The molecule has 3 N–H and O–H groups in total. The maximum Gasteiger partial charge on any atom is 0.414 e. The van der Waals surface area contributed by atoms with E-state index in [1.54, 1.807) is 26.0 Å². The molecule has 0 radical (unpaired) electrons. The van der Waals surface area contributed by atoms with E-state index in [1.165, 1.54) is 12.1 Å². The minimum atomic E-state index is -3.49. The Balaban J connectivity index is 2.69. The van der Waals surface area contributed by atoms with Gasteiger partial charge >= 0.3 is 6.09 Å². The molecule has 144 valence electrons. The fourth-order valence-electron chi connectivity index (χ4n) is 2.18. The summed E-state index contributed by atoms with van der Waals surface area (Å²) in [5.41, 5.74) is 0.187. The molecule has 1 rings (SSSR count). The molecule has 1 aromatic carbocycles. The summed E-state index contributed by atoms with van der Waals surface area (Å²) in [5, 5.41) is 4.62. The lowest BCUT2D eigenvalue weighted by atomic mass is 10.3. The quantitative estimate of drug-likeness (QED) is 0.538. The average molecular weight is 386 g/mol. The number of para-hydroxylation sites is 1. The van der Waals surface area contributed by atoms with Crippen molar-refractivity contribution in [2.24, 2.45) is 0 Å². The zero-order valence-corrected chi connectivity index (χ0v) is 15.8. The van der Waals surface area contributed by atoms with Crippen LogP contribution in [0.4, 0.5) is 10.5 Å². The second-order valence-electron chi connectivity index (χ2n) is 5.54. The Bertz CT molecular complexity index is 763. The zero-order valence-electron chi connectivity index (χ0n) is 15.0. The molecule has 0 spiro atoms. The van der Waals surface area contributed by atoms with E-state index in [9.17, 15) is 22.8 Å². The van der Waals surface area contributed by atoms with Crippen LogP contribution in [0.2, 0.25) is 0 Å². The van der Waals surface area contributed by atoms with Crippen LogP contribution in [0.5, 0.6) is 0 Å². The number of benzene rings is 1. The average Bonchev–Trinajstić information content (AvgIpc) is 2.53. The first-order valence-electron chi connectivity index (χ1n) is 8.06. The highest BCUT2D eigenvalue weighted by atomic mass is 32.2. The van der Waals surface area contributed by atoms with Crippen LogP contribution < -0.4 is 15.5 Å². The largest absolute Gasteiger partial charge is 0.450 e. The summed E-state index contributed by atoms with van der Waals surface area (Å²) in [6.45, 7) is 3.83. The number of imide groups is 1. The molecule has 0 saturated carbocycles. The highest BCUT2D eigenvalue weighted by Crippen LogP contribution is 2.20. The van der Waals surface area contributed by atoms with Gasteiger partial charge in [0.2, 0.25) is 0 Å². The maximum atomic E-state index is 12.2.